The average molecular weight is 127 g/mol. The third-order valence-electron chi connectivity index (χ3n) is 0.888. The smallest absolute Gasteiger partial charge is 0.307 e. The van der Waals surface area contributed by atoms with Crippen molar-refractivity contribution in [1.29, 1.82) is 0 Å². The van der Waals surface area contributed by atoms with Crippen LogP contribution in [0, 0.1) is 6.42 Å². The minimum absolute atomic E-state index is 0.625. The second-order valence-corrected chi connectivity index (χ2v) is 1.69. The normalized spacial score (nSPS) is 10.3. The Morgan fingerprint density at radius 3 is 2.67 bits per heavy atom. The van der Waals surface area contributed by atoms with Crippen LogP contribution in [0.5, 0.6) is 0 Å². The molecule has 0 bridgehead atoms. The monoisotopic (exact) mass is 127 g/mol. The van der Waals surface area contributed by atoms with Gasteiger partial charge in [-0.1, -0.05) is 12.2 Å². The summed E-state index contributed by atoms with van der Waals surface area (Å²) in [6.07, 6.45) is 6.57. The molecule has 0 aliphatic rings. The van der Waals surface area contributed by atoms with Crippen LogP contribution in [0.15, 0.2) is 12.2 Å². The molecule has 0 amide bonds. The standard InChI is InChI=1S/C7H11O2/c1-2-3-4-5-6-7(8)9/h2-3,6H,4-5H2,1H3,(H,8,9)/b3-2+. The van der Waals surface area contributed by atoms with E-state index < -0.39 is 5.97 Å². The van der Waals surface area contributed by atoms with Crippen molar-refractivity contribution in [3.05, 3.63) is 18.6 Å². The average Bonchev–Trinajstić information content (AvgIpc) is 1.80. The summed E-state index contributed by atoms with van der Waals surface area (Å²) in [6.45, 7) is 1.92. The van der Waals surface area contributed by atoms with Crippen LogP contribution in [-0.4, -0.2) is 11.1 Å². The molecule has 2 heteroatoms. The van der Waals surface area contributed by atoms with Crippen LogP contribution in [0.3, 0.4) is 0 Å². The molecule has 1 radical (unpaired) electrons. The molecule has 0 aliphatic heterocycles. The van der Waals surface area contributed by atoms with E-state index in [0.29, 0.717) is 6.42 Å². The van der Waals surface area contributed by atoms with Crippen LogP contribution >= 0.6 is 0 Å². The molecular formula is C7H11O2. The maximum Gasteiger partial charge on any atom is 0.307 e. The Hall–Kier alpha value is -0.790. The number of hydrogen-bond donors (Lipinski definition) is 1. The minimum Gasteiger partial charge on any atom is -0.481 e. The first-order valence-electron chi connectivity index (χ1n) is 2.94. The van der Waals surface area contributed by atoms with Gasteiger partial charge in [0, 0.05) is 0 Å². The van der Waals surface area contributed by atoms with E-state index in [1.54, 1.807) is 0 Å². The van der Waals surface area contributed by atoms with Crippen LogP contribution in [-0.2, 0) is 4.79 Å². The number of carbonyl (C=O) groups is 1. The van der Waals surface area contributed by atoms with Gasteiger partial charge in [0.2, 0.25) is 0 Å². The Bertz CT molecular complexity index is 105. The third kappa shape index (κ3) is 7.21. The van der Waals surface area contributed by atoms with E-state index in [1.165, 1.54) is 6.42 Å². The Balaban J connectivity index is 3.01. The second-order valence-electron chi connectivity index (χ2n) is 1.69. The van der Waals surface area contributed by atoms with Gasteiger partial charge in [0.1, 0.15) is 0 Å². The number of carboxylic acid groups (broad SMARTS) is 1. The van der Waals surface area contributed by atoms with Gasteiger partial charge >= 0.3 is 5.97 Å². The Morgan fingerprint density at radius 2 is 2.22 bits per heavy atom. The predicted molar refractivity (Wildman–Crippen MR) is 36.0 cm³/mol. The highest BCUT2D eigenvalue weighted by atomic mass is 16.4. The topological polar surface area (TPSA) is 37.3 Å². The van der Waals surface area contributed by atoms with Crippen molar-refractivity contribution in [2.45, 2.75) is 19.8 Å². The largest absolute Gasteiger partial charge is 0.481 e. The molecule has 0 spiro atoms. The van der Waals surface area contributed by atoms with Gasteiger partial charge in [0.15, 0.2) is 0 Å². The molecule has 0 aliphatic carbocycles. The number of hydrogen-bond acceptors (Lipinski definition) is 1. The molecule has 9 heavy (non-hydrogen) atoms. The fourth-order valence-corrected chi connectivity index (χ4v) is 0.470. The zero-order valence-corrected chi connectivity index (χ0v) is 5.50. The van der Waals surface area contributed by atoms with Crippen LogP contribution in [0.2, 0.25) is 0 Å². The van der Waals surface area contributed by atoms with Crippen LogP contribution in [0.4, 0.5) is 0 Å². The lowest BCUT2D eigenvalue weighted by Gasteiger charge is -1.87. The third-order valence-corrected chi connectivity index (χ3v) is 0.888. The molecule has 0 unspecified atom stereocenters. The minimum atomic E-state index is -0.834. The number of carboxylic acids is 1. The van der Waals surface area contributed by atoms with E-state index in [9.17, 15) is 4.79 Å². The Kier molecular flexibility index (Phi) is 4.88. The van der Waals surface area contributed by atoms with E-state index in [0.717, 1.165) is 6.42 Å². The van der Waals surface area contributed by atoms with Crippen LogP contribution < -0.4 is 0 Å². The highest BCUT2D eigenvalue weighted by Crippen LogP contribution is 1.94. The van der Waals surface area contributed by atoms with Gasteiger partial charge in [0.25, 0.3) is 0 Å². The molecule has 0 atom stereocenters. The predicted octanol–water partition coefficient (Wildman–Crippen LogP) is 1.63. The molecule has 0 rings (SSSR count). The number of aliphatic carboxylic acids is 1. The van der Waals surface area contributed by atoms with Crippen molar-refractivity contribution in [2.75, 3.05) is 0 Å². The fraction of sp³-hybridized carbons (Fsp3) is 0.429. The number of rotatable bonds is 4. The molecule has 0 aromatic heterocycles. The molecule has 0 fully saturated rings. The molecule has 51 valence electrons. The summed E-state index contributed by atoms with van der Waals surface area (Å²) < 4.78 is 0. The molecule has 0 aromatic rings. The molecule has 0 aromatic carbocycles. The molecule has 1 N–H and O–H groups in total. The quantitative estimate of drug-likeness (QED) is 0.460. The summed E-state index contributed by atoms with van der Waals surface area (Å²) in [5.41, 5.74) is 0. The summed E-state index contributed by atoms with van der Waals surface area (Å²) in [4.78, 5) is 9.88. The highest BCUT2D eigenvalue weighted by molar-refractivity contribution is 5.76. The van der Waals surface area contributed by atoms with Crippen molar-refractivity contribution < 1.29 is 9.90 Å². The van der Waals surface area contributed by atoms with E-state index in [1.807, 2.05) is 19.1 Å². The fourth-order valence-electron chi connectivity index (χ4n) is 0.470. The van der Waals surface area contributed by atoms with Crippen molar-refractivity contribution in [1.82, 2.24) is 0 Å². The molecule has 0 saturated carbocycles. The molecular weight excluding hydrogens is 116 g/mol. The Labute approximate surface area is 55.2 Å². The van der Waals surface area contributed by atoms with Crippen molar-refractivity contribution in [3.8, 4) is 0 Å². The summed E-state index contributed by atoms with van der Waals surface area (Å²) in [5, 5.41) is 8.13. The Morgan fingerprint density at radius 1 is 1.56 bits per heavy atom. The van der Waals surface area contributed by atoms with Crippen molar-refractivity contribution in [3.63, 3.8) is 0 Å². The van der Waals surface area contributed by atoms with Gasteiger partial charge in [-0.25, -0.2) is 0 Å². The van der Waals surface area contributed by atoms with E-state index in [4.69, 9.17) is 5.11 Å². The van der Waals surface area contributed by atoms with Gasteiger partial charge < -0.3 is 5.11 Å². The van der Waals surface area contributed by atoms with Gasteiger partial charge in [-0.05, 0) is 19.8 Å². The van der Waals surface area contributed by atoms with Crippen molar-refractivity contribution in [2.24, 2.45) is 0 Å². The lowest BCUT2D eigenvalue weighted by molar-refractivity contribution is -0.133. The maximum absolute atomic E-state index is 9.88. The first-order chi connectivity index (χ1) is 4.27. The van der Waals surface area contributed by atoms with Crippen molar-refractivity contribution >= 4 is 5.97 Å². The summed E-state index contributed by atoms with van der Waals surface area (Å²) in [5.74, 6) is -0.834. The van der Waals surface area contributed by atoms with Gasteiger partial charge in [0.05, 0.1) is 6.42 Å². The van der Waals surface area contributed by atoms with Gasteiger partial charge in [-0.2, -0.15) is 0 Å². The lowest BCUT2D eigenvalue weighted by atomic mass is 10.2. The van der Waals surface area contributed by atoms with E-state index >= 15 is 0 Å². The maximum atomic E-state index is 9.88. The molecule has 0 saturated heterocycles. The van der Waals surface area contributed by atoms with E-state index in [-0.39, 0.29) is 0 Å². The number of allylic oxidation sites excluding steroid dienone is 2. The first-order valence-corrected chi connectivity index (χ1v) is 2.94. The lowest BCUT2D eigenvalue weighted by Crippen LogP contribution is -1.93. The zero-order valence-electron chi connectivity index (χ0n) is 5.50. The SMILES string of the molecule is C/C=C/CC[CH]C(=O)O. The highest BCUT2D eigenvalue weighted by Gasteiger charge is 1.93. The second kappa shape index (κ2) is 5.35. The van der Waals surface area contributed by atoms with Crippen LogP contribution in [0.25, 0.3) is 0 Å². The summed E-state index contributed by atoms with van der Waals surface area (Å²) in [6, 6.07) is 0. The van der Waals surface area contributed by atoms with Gasteiger partial charge in [-0.3, -0.25) is 4.79 Å². The molecule has 2 nitrogen and oxygen atoms in total. The number of unbranched alkanes of at least 4 members (excludes halogenated alkanes) is 1. The molecule has 0 heterocycles. The zero-order chi connectivity index (χ0) is 7.11. The van der Waals surface area contributed by atoms with Gasteiger partial charge in [-0.15, -0.1) is 0 Å². The van der Waals surface area contributed by atoms with Crippen LogP contribution in [0.1, 0.15) is 19.8 Å². The van der Waals surface area contributed by atoms with E-state index in [2.05, 4.69) is 0 Å². The summed E-state index contributed by atoms with van der Waals surface area (Å²) >= 11 is 0. The summed E-state index contributed by atoms with van der Waals surface area (Å²) in [7, 11) is 0. The first kappa shape index (κ1) is 8.21.